The Morgan fingerprint density at radius 2 is 1.55 bits per heavy atom. The maximum atomic E-state index is 5.18. The topological polar surface area (TPSA) is 24.5 Å². The van der Waals surface area contributed by atoms with Crippen LogP contribution in [0, 0.1) is 0 Å². The molecule has 0 spiro atoms. The molecule has 0 bridgehead atoms. The van der Waals surface area contributed by atoms with Crippen molar-refractivity contribution in [3.05, 3.63) is 59.7 Å². The molecule has 106 valence electrons. The first-order valence-corrected chi connectivity index (χ1v) is 6.80. The number of nitrogens with one attached hydrogen (secondary N) is 1. The van der Waals surface area contributed by atoms with Gasteiger partial charge in [0.15, 0.2) is 0 Å². The normalized spacial score (nSPS) is 10.3. The molecule has 0 aliphatic rings. The summed E-state index contributed by atoms with van der Waals surface area (Å²) >= 11 is 0. The van der Waals surface area contributed by atoms with Gasteiger partial charge in [-0.3, -0.25) is 0 Å². The first-order valence-electron chi connectivity index (χ1n) is 6.80. The van der Waals surface area contributed by atoms with Gasteiger partial charge < -0.3 is 15.0 Å². The summed E-state index contributed by atoms with van der Waals surface area (Å²) in [6.45, 7) is 1.79. The van der Waals surface area contributed by atoms with Gasteiger partial charge in [-0.05, 0) is 42.4 Å². The van der Waals surface area contributed by atoms with Crippen molar-refractivity contribution in [3.63, 3.8) is 0 Å². The summed E-state index contributed by atoms with van der Waals surface area (Å²) in [7, 11) is 5.76. The summed E-state index contributed by atoms with van der Waals surface area (Å²) in [6, 6.07) is 16.9. The summed E-state index contributed by atoms with van der Waals surface area (Å²) in [6.07, 6.45) is 0. The zero-order valence-corrected chi connectivity index (χ0v) is 12.4. The Bertz CT molecular complexity index is 520. The smallest absolute Gasteiger partial charge is 0.118 e. The zero-order chi connectivity index (χ0) is 14.4. The van der Waals surface area contributed by atoms with Gasteiger partial charge in [0.25, 0.3) is 0 Å². The van der Waals surface area contributed by atoms with E-state index in [1.807, 2.05) is 19.2 Å². The second-order valence-corrected chi connectivity index (χ2v) is 4.90. The van der Waals surface area contributed by atoms with Gasteiger partial charge in [-0.1, -0.05) is 24.3 Å². The molecule has 0 amide bonds. The number of hydrogen-bond donors (Lipinski definition) is 1. The highest BCUT2D eigenvalue weighted by Crippen LogP contribution is 2.18. The third-order valence-corrected chi connectivity index (χ3v) is 3.34. The van der Waals surface area contributed by atoms with Gasteiger partial charge in [-0.25, -0.2) is 0 Å². The Morgan fingerprint density at radius 1 is 0.950 bits per heavy atom. The second-order valence-electron chi connectivity index (χ2n) is 4.90. The van der Waals surface area contributed by atoms with E-state index in [1.54, 1.807) is 7.11 Å². The SMILES string of the molecule is CNCc1ccc(N(C)Cc2ccc(OC)cc2)cc1. The summed E-state index contributed by atoms with van der Waals surface area (Å²) in [4.78, 5) is 2.24. The third-order valence-electron chi connectivity index (χ3n) is 3.34. The molecule has 0 fully saturated rings. The van der Waals surface area contributed by atoms with Crippen molar-refractivity contribution in [2.24, 2.45) is 0 Å². The summed E-state index contributed by atoms with van der Waals surface area (Å²) < 4.78 is 5.18. The highest BCUT2D eigenvalue weighted by molar-refractivity contribution is 5.47. The predicted octanol–water partition coefficient (Wildman–Crippen LogP) is 3.05. The van der Waals surface area contributed by atoms with E-state index >= 15 is 0 Å². The lowest BCUT2D eigenvalue weighted by molar-refractivity contribution is 0.414. The van der Waals surface area contributed by atoms with Crippen LogP contribution in [0.1, 0.15) is 11.1 Å². The van der Waals surface area contributed by atoms with Crippen LogP contribution in [0.15, 0.2) is 48.5 Å². The predicted molar refractivity (Wildman–Crippen MR) is 84.3 cm³/mol. The van der Waals surface area contributed by atoms with E-state index < -0.39 is 0 Å². The molecule has 0 aliphatic carbocycles. The van der Waals surface area contributed by atoms with Gasteiger partial charge in [-0.2, -0.15) is 0 Å². The second kappa shape index (κ2) is 6.96. The minimum Gasteiger partial charge on any atom is -0.497 e. The number of methoxy groups -OCH3 is 1. The molecule has 2 aromatic carbocycles. The first-order chi connectivity index (χ1) is 9.72. The molecule has 2 aromatic rings. The molecule has 0 saturated heterocycles. The number of nitrogens with zero attached hydrogens (tertiary/aromatic N) is 1. The molecule has 2 rings (SSSR count). The van der Waals surface area contributed by atoms with Crippen LogP contribution < -0.4 is 15.0 Å². The Morgan fingerprint density at radius 3 is 2.10 bits per heavy atom. The van der Waals surface area contributed by atoms with Crippen molar-refractivity contribution in [2.45, 2.75) is 13.1 Å². The molecule has 0 saturated carbocycles. The molecule has 0 unspecified atom stereocenters. The summed E-state index contributed by atoms with van der Waals surface area (Å²) in [5.41, 5.74) is 3.79. The van der Waals surface area contributed by atoms with E-state index in [9.17, 15) is 0 Å². The number of rotatable bonds is 6. The maximum Gasteiger partial charge on any atom is 0.118 e. The van der Waals surface area contributed by atoms with Gasteiger partial charge in [0.1, 0.15) is 5.75 Å². The van der Waals surface area contributed by atoms with E-state index in [0.29, 0.717) is 0 Å². The van der Waals surface area contributed by atoms with Crippen LogP contribution in [0.3, 0.4) is 0 Å². The fourth-order valence-electron chi connectivity index (χ4n) is 2.17. The van der Waals surface area contributed by atoms with E-state index in [4.69, 9.17) is 4.74 Å². The average Bonchev–Trinajstić information content (AvgIpc) is 2.49. The molecule has 3 heteroatoms. The van der Waals surface area contributed by atoms with Crippen molar-refractivity contribution in [3.8, 4) is 5.75 Å². The van der Waals surface area contributed by atoms with Crippen molar-refractivity contribution in [1.29, 1.82) is 0 Å². The quantitative estimate of drug-likeness (QED) is 0.873. The Kier molecular flexibility index (Phi) is 5.02. The number of benzene rings is 2. The summed E-state index contributed by atoms with van der Waals surface area (Å²) in [5, 5.41) is 3.16. The van der Waals surface area contributed by atoms with E-state index in [1.165, 1.54) is 16.8 Å². The lowest BCUT2D eigenvalue weighted by Gasteiger charge is -2.20. The molecule has 0 atom stereocenters. The van der Waals surface area contributed by atoms with Gasteiger partial charge in [0.05, 0.1) is 7.11 Å². The molecule has 1 N–H and O–H groups in total. The highest BCUT2D eigenvalue weighted by atomic mass is 16.5. The van der Waals surface area contributed by atoms with Crippen LogP contribution in [0.5, 0.6) is 5.75 Å². The molecule has 20 heavy (non-hydrogen) atoms. The lowest BCUT2D eigenvalue weighted by Crippen LogP contribution is -2.16. The highest BCUT2D eigenvalue weighted by Gasteiger charge is 2.02. The largest absolute Gasteiger partial charge is 0.497 e. The number of ether oxygens (including phenoxy) is 1. The minimum absolute atomic E-state index is 0.884. The van der Waals surface area contributed by atoms with Crippen molar-refractivity contribution in [1.82, 2.24) is 5.32 Å². The Balaban J connectivity index is 2.01. The molecule has 0 radical (unpaired) electrons. The van der Waals surface area contributed by atoms with Crippen LogP contribution in [0.2, 0.25) is 0 Å². The van der Waals surface area contributed by atoms with E-state index in [0.717, 1.165) is 18.8 Å². The molecule has 0 aliphatic heterocycles. The van der Waals surface area contributed by atoms with Crippen LogP contribution in [-0.4, -0.2) is 21.2 Å². The van der Waals surface area contributed by atoms with Crippen LogP contribution in [0.4, 0.5) is 5.69 Å². The van der Waals surface area contributed by atoms with Crippen molar-refractivity contribution < 1.29 is 4.74 Å². The molecular weight excluding hydrogens is 248 g/mol. The van der Waals surface area contributed by atoms with Crippen molar-refractivity contribution in [2.75, 3.05) is 26.1 Å². The minimum atomic E-state index is 0.884. The number of hydrogen-bond acceptors (Lipinski definition) is 3. The Hall–Kier alpha value is -2.00. The summed E-state index contributed by atoms with van der Waals surface area (Å²) in [5.74, 6) is 0.896. The van der Waals surface area contributed by atoms with Crippen LogP contribution in [0.25, 0.3) is 0 Å². The van der Waals surface area contributed by atoms with Gasteiger partial charge in [0, 0.05) is 25.8 Å². The van der Waals surface area contributed by atoms with Crippen LogP contribution >= 0.6 is 0 Å². The fraction of sp³-hybridized carbons (Fsp3) is 0.294. The van der Waals surface area contributed by atoms with Crippen LogP contribution in [-0.2, 0) is 13.1 Å². The van der Waals surface area contributed by atoms with Gasteiger partial charge in [0.2, 0.25) is 0 Å². The van der Waals surface area contributed by atoms with Crippen molar-refractivity contribution >= 4 is 5.69 Å². The monoisotopic (exact) mass is 270 g/mol. The molecule has 0 aromatic heterocycles. The van der Waals surface area contributed by atoms with E-state index in [2.05, 4.69) is 53.7 Å². The average molecular weight is 270 g/mol. The fourth-order valence-corrected chi connectivity index (χ4v) is 2.17. The lowest BCUT2D eigenvalue weighted by atomic mass is 10.1. The number of anilines is 1. The molecule has 0 heterocycles. The molecular formula is C17H22N2O. The van der Waals surface area contributed by atoms with Gasteiger partial charge >= 0.3 is 0 Å². The third kappa shape index (κ3) is 3.75. The first kappa shape index (κ1) is 14.4. The van der Waals surface area contributed by atoms with E-state index in [-0.39, 0.29) is 0 Å². The molecule has 3 nitrogen and oxygen atoms in total. The van der Waals surface area contributed by atoms with Gasteiger partial charge in [-0.15, -0.1) is 0 Å². The standard InChI is InChI=1S/C17H22N2O/c1-18-12-14-4-8-16(9-5-14)19(2)13-15-6-10-17(20-3)11-7-15/h4-11,18H,12-13H2,1-3H3. The maximum absolute atomic E-state index is 5.18. The zero-order valence-electron chi connectivity index (χ0n) is 12.4. The Labute approximate surface area is 121 Å².